The molecule has 3 N–H and O–H groups in total. The van der Waals surface area contributed by atoms with Gasteiger partial charge in [-0.15, -0.1) is 0 Å². The van der Waals surface area contributed by atoms with E-state index < -0.39 is 0 Å². The van der Waals surface area contributed by atoms with Crippen LogP contribution in [0, 0.1) is 11.3 Å². The summed E-state index contributed by atoms with van der Waals surface area (Å²) >= 11 is 0. The van der Waals surface area contributed by atoms with Crippen LogP contribution in [-0.2, 0) is 14.3 Å². The first kappa shape index (κ1) is 12.8. The predicted octanol–water partition coefficient (Wildman–Crippen LogP) is -0.107. The fraction of sp³-hybridized carbons (Fsp3) is 0.917. The Morgan fingerprint density at radius 1 is 1.53 bits per heavy atom. The Kier molecular flexibility index (Phi) is 4.01. The van der Waals surface area contributed by atoms with Gasteiger partial charge >= 0.3 is 0 Å². The molecule has 2 aliphatic rings. The van der Waals surface area contributed by atoms with Crippen LogP contribution >= 0.6 is 0 Å². The van der Waals surface area contributed by atoms with Gasteiger partial charge < -0.3 is 20.5 Å². The first-order valence-corrected chi connectivity index (χ1v) is 6.27. The van der Waals surface area contributed by atoms with Gasteiger partial charge in [0.1, 0.15) is 0 Å². The lowest BCUT2D eigenvalue weighted by molar-refractivity contribution is -0.125. The molecule has 5 nitrogen and oxygen atoms in total. The number of hydrogen-bond donors (Lipinski definition) is 2. The summed E-state index contributed by atoms with van der Waals surface area (Å²) in [5.41, 5.74) is 6.10. The van der Waals surface area contributed by atoms with E-state index in [-0.39, 0.29) is 23.3 Å². The van der Waals surface area contributed by atoms with Gasteiger partial charge in [0.05, 0.1) is 19.1 Å². The monoisotopic (exact) mass is 242 g/mol. The topological polar surface area (TPSA) is 73.6 Å². The molecule has 1 aliphatic carbocycles. The summed E-state index contributed by atoms with van der Waals surface area (Å²) in [6.45, 7) is 2.46. The Balaban J connectivity index is 1.72. The van der Waals surface area contributed by atoms with Gasteiger partial charge in [-0.05, 0) is 24.7 Å². The molecule has 1 saturated heterocycles. The molecule has 2 fully saturated rings. The molecule has 0 aromatic heterocycles. The van der Waals surface area contributed by atoms with E-state index in [1.807, 2.05) is 0 Å². The fourth-order valence-electron chi connectivity index (χ4n) is 2.26. The molecular weight excluding hydrogens is 220 g/mol. The number of hydrogen-bond acceptors (Lipinski definition) is 4. The molecule has 98 valence electrons. The number of amides is 1. The third-order valence-electron chi connectivity index (χ3n) is 3.89. The van der Waals surface area contributed by atoms with Gasteiger partial charge in [-0.3, -0.25) is 4.79 Å². The molecule has 0 aromatic rings. The molecule has 1 saturated carbocycles. The number of nitrogens with two attached hydrogens (primary N) is 1. The van der Waals surface area contributed by atoms with Crippen LogP contribution in [0.15, 0.2) is 0 Å². The zero-order valence-electron chi connectivity index (χ0n) is 10.4. The van der Waals surface area contributed by atoms with E-state index in [1.165, 1.54) is 12.8 Å². The lowest BCUT2D eigenvalue weighted by Gasteiger charge is -2.18. The summed E-state index contributed by atoms with van der Waals surface area (Å²) in [5, 5.41) is 3.01. The van der Waals surface area contributed by atoms with Crippen LogP contribution in [0.4, 0.5) is 0 Å². The van der Waals surface area contributed by atoms with Gasteiger partial charge in [0.15, 0.2) is 0 Å². The molecular formula is C12H22N2O3. The Labute approximate surface area is 102 Å². The molecule has 0 aromatic carbocycles. The van der Waals surface area contributed by atoms with Crippen LogP contribution in [0.3, 0.4) is 0 Å². The van der Waals surface area contributed by atoms with Gasteiger partial charge in [-0.25, -0.2) is 0 Å². The number of carbonyl (C=O) groups is 1. The summed E-state index contributed by atoms with van der Waals surface area (Å²) in [5.74, 6) is -0.132. The summed E-state index contributed by atoms with van der Waals surface area (Å²) in [4.78, 5) is 11.9. The summed E-state index contributed by atoms with van der Waals surface area (Å²) in [6.07, 6.45) is 3.39. The predicted molar refractivity (Wildman–Crippen MR) is 63.5 cm³/mol. The molecule has 0 bridgehead atoms. The van der Waals surface area contributed by atoms with Crippen molar-refractivity contribution in [3.8, 4) is 0 Å². The van der Waals surface area contributed by atoms with E-state index in [2.05, 4.69) is 5.32 Å². The van der Waals surface area contributed by atoms with Crippen molar-refractivity contribution in [1.29, 1.82) is 0 Å². The van der Waals surface area contributed by atoms with E-state index in [9.17, 15) is 4.79 Å². The van der Waals surface area contributed by atoms with Crippen molar-refractivity contribution < 1.29 is 14.3 Å². The van der Waals surface area contributed by atoms with Crippen molar-refractivity contribution in [3.05, 3.63) is 0 Å². The third-order valence-corrected chi connectivity index (χ3v) is 3.89. The molecule has 2 atom stereocenters. The van der Waals surface area contributed by atoms with Crippen molar-refractivity contribution in [1.82, 2.24) is 5.32 Å². The van der Waals surface area contributed by atoms with Crippen LogP contribution in [0.5, 0.6) is 0 Å². The fourth-order valence-corrected chi connectivity index (χ4v) is 2.26. The van der Waals surface area contributed by atoms with Gasteiger partial charge in [-0.2, -0.15) is 0 Å². The number of ether oxygens (including phenoxy) is 2. The van der Waals surface area contributed by atoms with Gasteiger partial charge in [0.25, 0.3) is 0 Å². The number of nitrogens with one attached hydrogen (secondary N) is 1. The second-order valence-corrected chi connectivity index (χ2v) is 5.27. The van der Waals surface area contributed by atoms with Crippen molar-refractivity contribution >= 4 is 5.91 Å². The molecule has 0 radical (unpaired) electrons. The normalized spacial score (nSPS) is 30.2. The molecule has 2 unspecified atom stereocenters. The van der Waals surface area contributed by atoms with Gasteiger partial charge in [0, 0.05) is 26.3 Å². The van der Waals surface area contributed by atoms with Crippen molar-refractivity contribution in [2.45, 2.75) is 25.3 Å². The zero-order valence-corrected chi connectivity index (χ0v) is 10.4. The Morgan fingerprint density at radius 2 is 2.29 bits per heavy atom. The highest BCUT2D eigenvalue weighted by atomic mass is 16.5. The Hall–Kier alpha value is -0.650. The second kappa shape index (κ2) is 5.33. The van der Waals surface area contributed by atoms with Crippen LogP contribution in [0.25, 0.3) is 0 Å². The SMILES string of the molecule is COCCC1(CNC(=O)C2COCC2N)CC1. The molecule has 1 aliphatic heterocycles. The van der Waals surface area contributed by atoms with Gasteiger partial charge in [-0.1, -0.05) is 0 Å². The smallest absolute Gasteiger partial charge is 0.227 e. The van der Waals surface area contributed by atoms with Crippen molar-refractivity contribution in [3.63, 3.8) is 0 Å². The average Bonchev–Trinajstić information content (AvgIpc) is 2.98. The van der Waals surface area contributed by atoms with Crippen molar-refractivity contribution in [2.24, 2.45) is 17.1 Å². The molecule has 1 heterocycles. The first-order valence-electron chi connectivity index (χ1n) is 6.27. The largest absolute Gasteiger partial charge is 0.385 e. The lowest BCUT2D eigenvalue weighted by Crippen LogP contribution is -2.42. The highest BCUT2D eigenvalue weighted by Gasteiger charge is 2.43. The number of methoxy groups -OCH3 is 1. The average molecular weight is 242 g/mol. The highest BCUT2D eigenvalue weighted by molar-refractivity contribution is 5.79. The van der Waals surface area contributed by atoms with Crippen LogP contribution in [0.2, 0.25) is 0 Å². The zero-order chi connectivity index (χ0) is 12.3. The van der Waals surface area contributed by atoms with E-state index in [0.29, 0.717) is 13.2 Å². The molecule has 5 heteroatoms. The number of carbonyl (C=O) groups excluding carboxylic acids is 1. The van der Waals surface area contributed by atoms with Crippen LogP contribution in [0.1, 0.15) is 19.3 Å². The Bertz CT molecular complexity index is 279. The minimum atomic E-state index is -0.173. The summed E-state index contributed by atoms with van der Waals surface area (Å²) in [7, 11) is 1.71. The lowest BCUT2D eigenvalue weighted by atomic mass is 10.0. The third kappa shape index (κ3) is 3.18. The highest BCUT2D eigenvalue weighted by Crippen LogP contribution is 2.48. The summed E-state index contributed by atoms with van der Waals surface area (Å²) in [6, 6.07) is -0.149. The van der Waals surface area contributed by atoms with E-state index in [1.54, 1.807) is 7.11 Å². The van der Waals surface area contributed by atoms with E-state index >= 15 is 0 Å². The minimum Gasteiger partial charge on any atom is -0.385 e. The minimum absolute atomic E-state index is 0.0405. The van der Waals surface area contributed by atoms with E-state index in [0.717, 1.165) is 19.6 Å². The standard InChI is InChI=1S/C12H22N2O3/c1-16-5-4-12(2-3-12)8-14-11(15)9-6-17-7-10(9)13/h9-10H,2-8,13H2,1H3,(H,14,15). The molecule has 1 amide bonds. The van der Waals surface area contributed by atoms with Gasteiger partial charge in [0.2, 0.25) is 5.91 Å². The Morgan fingerprint density at radius 3 is 2.82 bits per heavy atom. The van der Waals surface area contributed by atoms with Crippen molar-refractivity contribution in [2.75, 3.05) is 33.5 Å². The van der Waals surface area contributed by atoms with E-state index in [4.69, 9.17) is 15.2 Å². The maximum absolute atomic E-state index is 11.9. The molecule has 0 spiro atoms. The molecule has 17 heavy (non-hydrogen) atoms. The maximum atomic E-state index is 11.9. The van der Waals surface area contributed by atoms with Crippen LogP contribution < -0.4 is 11.1 Å². The second-order valence-electron chi connectivity index (χ2n) is 5.27. The quantitative estimate of drug-likeness (QED) is 0.682. The summed E-state index contributed by atoms with van der Waals surface area (Å²) < 4.78 is 10.3. The van der Waals surface area contributed by atoms with Crippen LogP contribution in [-0.4, -0.2) is 45.4 Å². The molecule has 2 rings (SSSR count). The maximum Gasteiger partial charge on any atom is 0.227 e. The first-order chi connectivity index (χ1) is 8.17. The number of rotatable bonds is 6.